The third kappa shape index (κ3) is 5.17. The van der Waals surface area contributed by atoms with E-state index in [-0.39, 0.29) is 29.6 Å². The molecule has 2 aromatic rings. The van der Waals surface area contributed by atoms with Gasteiger partial charge in [-0.15, -0.1) is 12.4 Å². The SMILES string of the molecule is Cl.Nc1ccc(Oc2ccc(OC(F)F)cc2)c(C(F)(F)F)c1. The molecule has 0 aliphatic rings. The highest BCUT2D eigenvalue weighted by Gasteiger charge is 2.34. The van der Waals surface area contributed by atoms with E-state index in [4.69, 9.17) is 10.5 Å². The molecule has 0 heterocycles. The lowest BCUT2D eigenvalue weighted by atomic mass is 10.1. The zero-order valence-corrected chi connectivity index (χ0v) is 12.1. The lowest BCUT2D eigenvalue weighted by Crippen LogP contribution is -2.08. The van der Waals surface area contributed by atoms with Crippen LogP contribution in [0.5, 0.6) is 17.2 Å². The highest BCUT2D eigenvalue weighted by Crippen LogP contribution is 2.39. The van der Waals surface area contributed by atoms with Crippen LogP contribution in [0.15, 0.2) is 42.5 Å². The van der Waals surface area contributed by atoms with E-state index in [0.717, 1.165) is 24.3 Å². The average molecular weight is 356 g/mol. The smallest absolute Gasteiger partial charge is 0.420 e. The molecule has 0 aliphatic carbocycles. The van der Waals surface area contributed by atoms with Crippen LogP contribution in [0.4, 0.5) is 27.6 Å². The molecule has 0 aliphatic heterocycles. The van der Waals surface area contributed by atoms with Gasteiger partial charge in [-0.2, -0.15) is 22.0 Å². The maximum atomic E-state index is 12.9. The molecule has 0 unspecified atom stereocenters. The maximum absolute atomic E-state index is 12.9. The first-order valence-electron chi connectivity index (χ1n) is 5.95. The van der Waals surface area contributed by atoms with Crippen molar-refractivity contribution in [2.24, 2.45) is 0 Å². The lowest BCUT2D eigenvalue weighted by molar-refractivity contribution is -0.138. The number of hydrogen-bond donors (Lipinski definition) is 1. The highest BCUT2D eigenvalue weighted by atomic mass is 35.5. The summed E-state index contributed by atoms with van der Waals surface area (Å²) in [6, 6.07) is 7.85. The quantitative estimate of drug-likeness (QED) is 0.612. The monoisotopic (exact) mass is 355 g/mol. The molecular weight excluding hydrogens is 345 g/mol. The summed E-state index contributed by atoms with van der Waals surface area (Å²) < 4.78 is 72.0. The molecule has 2 N–H and O–H groups in total. The van der Waals surface area contributed by atoms with Crippen molar-refractivity contribution in [3.63, 3.8) is 0 Å². The Morgan fingerprint density at radius 1 is 0.913 bits per heavy atom. The normalized spacial score (nSPS) is 11.0. The van der Waals surface area contributed by atoms with Crippen LogP contribution in [0.1, 0.15) is 5.56 Å². The molecule has 0 radical (unpaired) electrons. The average Bonchev–Trinajstić information content (AvgIpc) is 2.41. The Morgan fingerprint density at radius 3 is 2.00 bits per heavy atom. The summed E-state index contributed by atoms with van der Waals surface area (Å²) in [5, 5.41) is 0. The first-order valence-corrected chi connectivity index (χ1v) is 5.95. The van der Waals surface area contributed by atoms with Gasteiger partial charge < -0.3 is 15.2 Å². The number of halogens is 6. The second-order valence-corrected chi connectivity index (χ2v) is 4.21. The first kappa shape index (κ1) is 18.8. The Hall–Kier alpha value is -2.22. The molecule has 3 nitrogen and oxygen atoms in total. The third-order valence-corrected chi connectivity index (χ3v) is 2.59. The summed E-state index contributed by atoms with van der Waals surface area (Å²) in [4.78, 5) is 0. The summed E-state index contributed by atoms with van der Waals surface area (Å²) in [7, 11) is 0. The molecule has 23 heavy (non-hydrogen) atoms. The van der Waals surface area contributed by atoms with Crippen LogP contribution in [0.3, 0.4) is 0 Å². The van der Waals surface area contributed by atoms with Crippen molar-refractivity contribution in [1.29, 1.82) is 0 Å². The summed E-state index contributed by atoms with van der Waals surface area (Å²) >= 11 is 0. The number of hydrogen-bond acceptors (Lipinski definition) is 3. The fraction of sp³-hybridized carbons (Fsp3) is 0.143. The van der Waals surface area contributed by atoms with Crippen molar-refractivity contribution in [3.8, 4) is 17.2 Å². The fourth-order valence-corrected chi connectivity index (χ4v) is 1.67. The first-order chi connectivity index (χ1) is 10.3. The van der Waals surface area contributed by atoms with E-state index < -0.39 is 24.1 Å². The van der Waals surface area contributed by atoms with Crippen molar-refractivity contribution in [2.75, 3.05) is 5.73 Å². The van der Waals surface area contributed by atoms with Gasteiger partial charge in [0.15, 0.2) is 0 Å². The van der Waals surface area contributed by atoms with Crippen LogP contribution in [-0.4, -0.2) is 6.61 Å². The zero-order valence-electron chi connectivity index (χ0n) is 11.3. The van der Waals surface area contributed by atoms with Gasteiger partial charge in [0.1, 0.15) is 22.8 Å². The molecule has 0 amide bonds. The zero-order chi connectivity index (χ0) is 16.3. The standard InChI is InChI=1S/C14H10F5NO2.ClH/c15-13(16)22-10-4-2-9(3-5-10)21-12-6-1-8(20)7-11(12)14(17,18)19;/h1-7,13H,20H2;1H. The van der Waals surface area contributed by atoms with Gasteiger partial charge in [0.2, 0.25) is 0 Å². The fourth-order valence-electron chi connectivity index (χ4n) is 1.67. The van der Waals surface area contributed by atoms with E-state index in [0.29, 0.717) is 0 Å². The van der Waals surface area contributed by atoms with Gasteiger partial charge in [-0.1, -0.05) is 0 Å². The maximum Gasteiger partial charge on any atom is 0.420 e. The van der Waals surface area contributed by atoms with Crippen molar-refractivity contribution in [2.45, 2.75) is 12.8 Å². The number of ether oxygens (including phenoxy) is 2. The van der Waals surface area contributed by atoms with E-state index in [9.17, 15) is 22.0 Å². The Bertz CT molecular complexity index is 647. The second kappa shape index (κ2) is 7.36. The van der Waals surface area contributed by atoms with Gasteiger partial charge >= 0.3 is 12.8 Å². The molecule has 0 saturated carbocycles. The Balaban J connectivity index is 0.00000264. The Kier molecular flexibility index (Phi) is 6.03. The van der Waals surface area contributed by atoms with E-state index in [1.165, 1.54) is 18.2 Å². The van der Waals surface area contributed by atoms with Gasteiger partial charge in [0, 0.05) is 5.69 Å². The van der Waals surface area contributed by atoms with Crippen LogP contribution >= 0.6 is 12.4 Å². The van der Waals surface area contributed by atoms with Crippen LogP contribution in [-0.2, 0) is 6.18 Å². The van der Waals surface area contributed by atoms with E-state index in [2.05, 4.69) is 4.74 Å². The molecular formula is C14H11ClF5NO2. The minimum atomic E-state index is -4.64. The summed E-state index contributed by atoms with van der Waals surface area (Å²) in [6.45, 7) is -2.99. The second-order valence-electron chi connectivity index (χ2n) is 4.21. The Labute approximate surface area is 134 Å². The predicted molar refractivity (Wildman–Crippen MR) is 76.3 cm³/mol. The van der Waals surface area contributed by atoms with Gasteiger partial charge in [-0.25, -0.2) is 0 Å². The van der Waals surface area contributed by atoms with Gasteiger partial charge in [0.25, 0.3) is 0 Å². The van der Waals surface area contributed by atoms with Crippen LogP contribution in [0.25, 0.3) is 0 Å². The number of alkyl halides is 5. The van der Waals surface area contributed by atoms with E-state index in [1.54, 1.807) is 0 Å². The van der Waals surface area contributed by atoms with E-state index in [1.807, 2.05) is 0 Å². The van der Waals surface area contributed by atoms with Crippen molar-refractivity contribution in [3.05, 3.63) is 48.0 Å². The van der Waals surface area contributed by atoms with Gasteiger partial charge in [0.05, 0.1) is 0 Å². The summed E-state index contributed by atoms with van der Waals surface area (Å²) in [5.41, 5.74) is 4.26. The molecule has 0 bridgehead atoms. The molecule has 2 aromatic carbocycles. The molecule has 0 saturated heterocycles. The molecule has 2 rings (SSSR count). The number of nitrogens with two attached hydrogens (primary N) is 1. The summed E-state index contributed by atoms with van der Waals surface area (Å²) in [5.74, 6) is -0.531. The lowest BCUT2D eigenvalue weighted by Gasteiger charge is -2.14. The van der Waals surface area contributed by atoms with Gasteiger partial charge in [-0.05, 0) is 42.5 Å². The van der Waals surface area contributed by atoms with Crippen LogP contribution in [0, 0.1) is 0 Å². The van der Waals surface area contributed by atoms with Gasteiger partial charge in [-0.3, -0.25) is 0 Å². The third-order valence-electron chi connectivity index (χ3n) is 2.59. The topological polar surface area (TPSA) is 44.5 Å². The number of anilines is 1. The number of benzene rings is 2. The number of nitrogen functional groups attached to an aromatic ring is 1. The predicted octanol–water partition coefficient (Wildman–Crippen LogP) is 5.10. The van der Waals surface area contributed by atoms with E-state index >= 15 is 0 Å². The molecule has 0 spiro atoms. The Morgan fingerprint density at radius 2 is 1.48 bits per heavy atom. The number of rotatable bonds is 4. The molecule has 0 atom stereocenters. The minimum Gasteiger partial charge on any atom is -0.457 e. The van der Waals surface area contributed by atoms with Crippen molar-refractivity contribution >= 4 is 18.1 Å². The highest BCUT2D eigenvalue weighted by molar-refractivity contribution is 5.85. The summed E-state index contributed by atoms with van der Waals surface area (Å²) in [6.07, 6.45) is -4.64. The largest absolute Gasteiger partial charge is 0.457 e. The minimum absolute atomic E-state index is 0. The van der Waals surface area contributed by atoms with Crippen molar-refractivity contribution in [1.82, 2.24) is 0 Å². The van der Waals surface area contributed by atoms with Crippen LogP contribution < -0.4 is 15.2 Å². The molecule has 0 fully saturated rings. The molecule has 0 aromatic heterocycles. The molecule has 9 heteroatoms. The van der Waals surface area contributed by atoms with Crippen LogP contribution in [0.2, 0.25) is 0 Å². The molecule has 126 valence electrons. The van der Waals surface area contributed by atoms with Crippen molar-refractivity contribution < 1.29 is 31.4 Å².